The first-order valence-corrected chi connectivity index (χ1v) is 7.85. The monoisotopic (exact) mass is 258 g/mol. The van der Waals surface area contributed by atoms with Crippen molar-refractivity contribution in [1.29, 1.82) is 0 Å². The lowest BCUT2D eigenvalue weighted by molar-refractivity contribution is 0.194. The molecule has 0 aromatic heterocycles. The minimum absolute atomic E-state index is 0.431. The fourth-order valence-electron chi connectivity index (χ4n) is 1.72. The highest BCUT2D eigenvalue weighted by Crippen LogP contribution is 2.27. The van der Waals surface area contributed by atoms with Gasteiger partial charge in [-0.2, -0.15) is 0 Å². The molecule has 1 N–H and O–H groups in total. The normalized spacial score (nSPS) is 28.1. The third kappa shape index (κ3) is 2.26. The number of benzene rings is 1. The second-order valence-electron chi connectivity index (χ2n) is 3.89. The van der Waals surface area contributed by atoms with Crippen LogP contribution in [0.4, 0.5) is 0 Å². The summed E-state index contributed by atoms with van der Waals surface area (Å²) in [5.74, 6) is 0.862. The third-order valence-corrected chi connectivity index (χ3v) is 6.99. The Morgan fingerprint density at radius 3 is 2.19 bits per heavy atom. The minimum atomic E-state index is -1.18. The molecule has 1 saturated heterocycles. The molecule has 0 radical (unpaired) electrons. The summed E-state index contributed by atoms with van der Waals surface area (Å²) >= 11 is 0. The van der Waals surface area contributed by atoms with E-state index >= 15 is 0 Å². The molecule has 1 fully saturated rings. The number of hydrogen-bond acceptors (Lipinski definition) is 3. The van der Waals surface area contributed by atoms with Crippen molar-refractivity contribution < 1.29 is 13.5 Å². The zero-order valence-corrected chi connectivity index (χ0v) is 10.6. The van der Waals surface area contributed by atoms with Gasteiger partial charge in [-0.25, -0.2) is 0 Å². The maximum Gasteiger partial charge on any atom is 0.140 e. The van der Waals surface area contributed by atoms with Crippen LogP contribution < -0.4 is 0 Å². The van der Waals surface area contributed by atoms with E-state index in [1.165, 1.54) is 0 Å². The molecule has 0 amide bonds. The van der Waals surface area contributed by atoms with Gasteiger partial charge in [-0.15, -0.1) is 0 Å². The van der Waals surface area contributed by atoms with Gasteiger partial charge in [0, 0.05) is 33.1 Å². The maximum absolute atomic E-state index is 11.6. The van der Waals surface area contributed by atoms with Crippen LogP contribution >= 0.6 is 0 Å². The molecule has 2 rings (SSSR count). The van der Waals surface area contributed by atoms with Gasteiger partial charge in [0.2, 0.25) is 0 Å². The predicted molar refractivity (Wildman–Crippen MR) is 65.9 cm³/mol. The van der Waals surface area contributed by atoms with Crippen LogP contribution in [0.1, 0.15) is 17.2 Å². The van der Waals surface area contributed by atoms with E-state index in [0.29, 0.717) is 17.1 Å². The number of aryl methyl sites for hydroxylation is 1. The summed E-state index contributed by atoms with van der Waals surface area (Å²) < 4.78 is 22.6. The van der Waals surface area contributed by atoms with Crippen molar-refractivity contribution in [3.63, 3.8) is 0 Å². The Morgan fingerprint density at radius 2 is 1.69 bits per heavy atom. The lowest BCUT2D eigenvalue weighted by Crippen LogP contribution is -2.23. The van der Waals surface area contributed by atoms with E-state index in [9.17, 15) is 13.5 Å². The summed E-state index contributed by atoms with van der Waals surface area (Å²) in [5.41, 5.74) is 1.80. The minimum Gasteiger partial charge on any atom is -0.386 e. The summed E-state index contributed by atoms with van der Waals surface area (Å²) in [5, 5.41) is 10.1. The van der Waals surface area contributed by atoms with Gasteiger partial charge >= 0.3 is 0 Å². The molecular formula is C11H14O3S2. The zero-order chi connectivity index (χ0) is 11.7. The maximum atomic E-state index is 11.6. The van der Waals surface area contributed by atoms with E-state index in [4.69, 9.17) is 0 Å². The third-order valence-electron chi connectivity index (χ3n) is 2.68. The molecule has 3 nitrogen and oxygen atoms in total. The standard InChI is InChI=1S/C11H14O3S2/c1-8-2-4-9(5-3-8)10(12)11-15(13)6-7-16(11)14/h2-5,10-12H,6-7H2,1H3/t10-,15+,16+/m0/s1. The summed E-state index contributed by atoms with van der Waals surface area (Å²) in [7, 11) is -2.35. The lowest BCUT2D eigenvalue weighted by atomic mass is 10.1. The van der Waals surface area contributed by atoms with Gasteiger partial charge < -0.3 is 5.11 Å². The predicted octanol–water partition coefficient (Wildman–Crippen LogP) is 0.866. The van der Waals surface area contributed by atoms with Crippen molar-refractivity contribution >= 4 is 21.6 Å². The fraction of sp³-hybridized carbons (Fsp3) is 0.455. The lowest BCUT2D eigenvalue weighted by Gasteiger charge is -2.16. The van der Waals surface area contributed by atoms with Crippen molar-refractivity contribution in [1.82, 2.24) is 0 Å². The number of aliphatic hydroxyl groups excluding tert-OH is 1. The van der Waals surface area contributed by atoms with Crippen molar-refractivity contribution in [2.24, 2.45) is 0 Å². The Morgan fingerprint density at radius 1 is 1.19 bits per heavy atom. The quantitative estimate of drug-likeness (QED) is 0.856. The van der Waals surface area contributed by atoms with Crippen LogP contribution in [0.5, 0.6) is 0 Å². The van der Waals surface area contributed by atoms with Gasteiger partial charge in [0.1, 0.15) is 10.7 Å². The van der Waals surface area contributed by atoms with Gasteiger partial charge in [-0.1, -0.05) is 29.8 Å². The van der Waals surface area contributed by atoms with Crippen LogP contribution in [0.3, 0.4) is 0 Å². The largest absolute Gasteiger partial charge is 0.386 e. The van der Waals surface area contributed by atoms with E-state index in [1.807, 2.05) is 19.1 Å². The van der Waals surface area contributed by atoms with E-state index in [1.54, 1.807) is 12.1 Å². The Balaban J connectivity index is 2.24. The Hall–Kier alpha value is -0.520. The molecule has 1 aromatic rings. The molecule has 1 aliphatic rings. The average molecular weight is 258 g/mol. The molecule has 5 heteroatoms. The SMILES string of the molecule is Cc1ccc([C@H](O)C2[S@](=O)CC[S@]2=O)cc1. The summed E-state index contributed by atoms with van der Waals surface area (Å²) in [6, 6.07) is 7.37. The Labute approximate surface area is 99.8 Å². The summed E-state index contributed by atoms with van der Waals surface area (Å²) in [4.78, 5) is 0. The van der Waals surface area contributed by atoms with Gasteiger partial charge in [0.05, 0.1) is 0 Å². The molecule has 3 atom stereocenters. The highest BCUT2D eigenvalue weighted by Gasteiger charge is 2.37. The molecule has 0 unspecified atom stereocenters. The smallest absolute Gasteiger partial charge is 0.140 e. The second-order valence-corrected chi connectivity index (χ2v) is 7.55. The zero-order valence-electron chi connectivity index (χ0n) is 8.96. The average Bonchev–Trinajstić information content (AvgIpc) is 2.59. The molecule has 0 bridgehead atoms. The first-order chi connectivity index (χ1) is 7.59. The Bertz CT molecular complexity index is 411. The van der Waals surface area contributed by atoms with Crippen molar-refractivity contribution in [2.75, 3.05) is 11.5 Å². The molecule has 1 heterocycles. The van der Waals surface area contributed by atoms with Crippen LogP contribution in [0.15, 0.2) is 24.3 Å². The van der Waals surface area contributed by atoms with Crippen molar-refractivity contribution in [3.05, 3.63) is 35.4 Å². The number of hydrogen-bond donors (Lipinski definition) is 1. The van der Waals surface area contributed by atoms with E-state index in [-0.39, 0.29) is 0 Å². The molecule has 0 saturated carbocycles. The molecule has 88 valence electrons. The van der Waals surface area contributed by atoms with Gasteiger partial charge in [-0.05, 0) is 12.5 Å². The highest BCUT2D eigenvalue weighted by molar-refractivity contribution is 8.06. The van der Waals surface area contributed by atoms with Crippen LogP contribution in [-0.2, 0) is 21.6 Å². The molecule has 1 aliphatic heterocycles. The van der Waals surface area contributed by atoms with Crippen LogP contribution in [0.2, 0.25) is 0 Å². The van der Waals surface area contributed by atoms with Crippen LogP contribution in [0, 0.1) is 6.92 Å². The summed E-state index contributed by atoms with van der Waals surface area (Å²) in [6.07, 6.45) is -0.884. The molecular weight excluding hydrogens is 244 g/mol. The molecule has 0 aliphatic carbocycles. The second kappa shape index (κ2) is 4.77. The highest BCUT2D eigenvalue weighted by atomic mass is 32.3. The topological polar surface area (TPSA) is 54.4 Å². The Kier molecular flexibility index (Phi) is 3.56. The van der Waals surface area contributed by atoms with Crippen LogP contribution in [-0.4, -0.2) is 29.6 Å². The molecule has 16 heavy (non-hydrogen) atoms. The van der Waals surface area contributed by atoms with Gasteiger partial charge in [-0.3, -0.25) is 8.42 Å². The van der Waals surface area contributed by atoms with Gasteiger partial charge in [0.15, 0.2) is 0 Å². The van der Waals surface area contributed by atoms with Crippen LogP contribution in [0.25, 0.3) is 0 Å². The number of aliphatic hydroxyl groups is 1. The molecule has 0 spiro atoms. The molecule has 1 aromatic carbocycles. The van der Waals surface area contributed by atoms with Crippen molar-refractivity contribution in [2.45, 2.75) is 17.6 Å². The van der Waals surface area contributed by atoms with Crippen molar-refractivity contribution in [3.8, 4) is 0 Å². The van der Waals surface area contributed by atoms with Gasteiger partial charge in [0.25, 0.3) is 0 Å². The van der Waals surface area contributed by atoms with E-state index in [2.05, 4.69) is 0 Å². The van der Waals surface area contributed by atoms with E-state index < -0.39 is 32.3 Å². The van der Waals surface area contributed by atoms with E-state index in [0.717, 1.165) is 5.56 Å². The fourth-order valence-corrected chi connectivity index (χ4v) is 5.93. The first kappa shape index (κ1) is 12.0. The first-order valence-electron chi connectivity index (χ1n) is 5.08. The number of rotatable bonds is 2. The summed E-state index contributed by atoms with van der Waals surface area (Å²) in [6.45, 7) is 1.96.